The second kappa shape index (κ2) is 9.71. The molecule has 38 heavy (non-hydrogen) atoms. The number of ether oxygens (including phenoxy) is 1. The molecule has 7 nitrogen and oxygen atoms in total. The number of amides is 1. The fourth-order valence-corrected chi connectivity index (χ4v) is 4.72. The summed E-state index contributed by atoms with van der Waals surface area (Å²) in [5.74, 6) is 0.337. The Balaban J connectivity index is 1.55. The summed E-state index contributed by atoms with van der Waals surface area (Å²) >= 11 is 0. The maximum Gasteiger partial charge on any atom is 0.280 e. The Labute approximate surface area is 218 Å². The number of nitrogens with one attached hydrogen (secondary N) is 2. The number of hydrogen-bond donors (Lipinski definition) is 2. The Kier molecular flexibility index (Phi) is 5.94. The molecule has 0 bridgehead atoms. The van der Waals surface area contributed by atoms with Crippen LogP contribution in [0.25, 0.3) is 33.3 Å². The molecule has 0 aliphatic rings. The van der Waals surface area contributed by atoms with Crippen LogP contribution in [0.4, 0.5) is 5.69 Å². The number of carbonyl (C=O) groups is 1. The van der Waals surface area contributed by atoms with Crippen LogP contribution >= 0.6 is 0 Å². The van der Waals surface area contributed by atoms with Crippen molar-refractivity contribution in [2.75, 3.05) is 12.4 Å². The third kappa shape index (κ3) is 4.20. The predicted molar refractivity (Wildman–Crippen MR) is 150 cm³/mol. The first-order chi connectivity index (χ1) is 18.6. The van der Waals surface area contributed by atoms with Crippen LogP contribution in [0.3, 0.4) is 0 Å². The molecule has 1 amide bonds. The third-order valence-electron chi connectivity index (χ3n) is 6.56. The van der Waals surface area contributed by atoms with Crippen molar-refractivity contribution in [3.05, 3.63) is 125 Å². The van der Waals surface area contributed by atoms with Gasteiger partial charge in [0.1, 0.15) is 11.8 Å². The average molecular weight is 501 g/mol. The van der Waals surface area contributed by atoms with Gasteiger partial charge in [0.2, 0.25) is 0 Å². The average Bonchev–Trinajstić information content (AvgIpc) is 3.39. The summed E-state index contributed by atoms with van der Waals surface area (Å²) in [6.45, 7) is 0. The molecule has 7 heteroatoms. The van der Waals surface area contributed by atoms with Crippen LogP contribution < -0.4 is 15.6 Å². The number of aromatic nitrogens is 3. The fraction of sp³-hybridized carbons (Fsp3) is 0.0645. The molecule has 2 N–H and O–H groups in total. The number of nitrogens with zero attached hydrogens (tertiary/aromatic N) is 2. The molecule has 4 aromatic carbocycles. The van der Waals surface area contributed by atoms with E-state index in [0.29, 0.717) is 33.7 Å². The van der Waals surface area contributed by atoms with Crippen LogP contribution in [0, 0.1) is 0 Å². The highest BCUT2D eigenvalue weighted by atomic mass is 16.5. The summed E-state index contributed by atoms with van der Waals surface area (Å²) in [5, 5.41) is 3.95. The Morgan fingerprint density at radius 2 is 1.61 bits per heavy atom. The molecule has 0 spiro atoms. The lowest BCUT2D eigenvalue weighted by atomic mass is 10.0. The summed E-state index contributed by atoms with van der Waals surface area (Å²) in [4.78, 5) is 36.2. The minimum Gasteiger partial charge on any atom is -0.497 e. The highest BCUT2D eigenvalue weighted by molar-refractivity contribution is 5.97. The van der Waals surface area contributed by atoms with Gasteiger partial charge in [0.15, 0.2) is 5.69 Å². The van der Waals surface area contributed by atoms with Gasteiger partial charge in [0.25, 0.3) is 11.5 Å². The van der Waals surface area contributed by atoms with Gasteiger partial charge in [-0.25, -0.2) is 4.98 Å². The van der Waals surface area contributed by atoms with Crippen molar-refractivity contribution in [2.24, 2.45) is 0 Å². The first-order valence-corrected chi connectivity index (χ1v) is 12.2. The number of fused-ring (bicyclic) bond motifs is 2. The lowest BCUT2D eigenvalue weighted by Crippen LogP contribution is -2.35. The van der Waals surface area contributed by atoms with Crippen molar-refractivity contribution in [1.82, 2.24) is 14.5 Å². The minimum absolute atomic E-state index is 0.248. The number of aromatic amines is 1. The van der Waals surface area contributed by atoms with Crippen LogP contribution in [-0.2, 0) is 4.79 Å². The number of benzene rings is 4. The first kappa shape index (κ1) is 23.2. The molecule has 1 unspecified atom stereocenters. The first-order valence-electron chi connectivity index (χ1n) is 12.2. The zero-order chi connectivity index (χ0) is 26.1. The second-order valence-corrected chi connectivity index (χ2v) is 8.93. The lowest BCUT2D eigenvalue weighted by molar-refractivity contribution is -0.118. The molecule has 0 fully saturated rings. The number of H-pyrrole nitrogens is 1. The topological polar surface area (TPSA) is 89.0 Å². The van der Waals surface area contributed by atoms with Crippen LogP contribution in [0.15, 0.2) is 114 Å². The van der Waals surface area contributed by atoms with Crippen molar-refractivity contribution < 1.29 is 9.53 Å². The summed E-state index contributed by atoms with van der Waals surface area (Å²) in [6.07, 6.45) is 0. The molecule has 0 aliphatic carbocycles. The molecule has 0 saturated carbocycles. The number of carbonyl (C=O) groups excluding carboxylic acids is 1. The number of methoxy groups -OCH3 is 1. The SMILES string of the molecule is COc1ccc(NC(=O)C(c2ccccc2)n2c(=O)c(-c3cc4ccccc4[nH]3)nc3ccccc32)cc1. The van der Waals surface area contributed by atoms with E-state index in [4.69, 9.17) is 9.72 Å². The summed E-state index contributed by atoms with van der Waals surface area (Å²) in [6, 6.07) is 32.5. The van der Waals surface area contributed by atoms with Gasteiger partial charge in [-0.3, -0.25) is 14.2 Å². The van der Waals surface area contributed by atoms with Gasteiger partial charge in [0, 0.05) is 16.6 Å². The fourth-order valence-electron chi connectivity index (χ4n) is 4.72. The summed E-state index contributed by atoms with van der Waals surface area (Å²) in [5.41, 5.74) is 3.83. The molecular weight excluding hydrogens is 476 g/mol. The van der Waals surface area contributed by atoms with E-state index < -0.39 is 6.04 Å². The van der Waals surface area contributed by atoms with Crippen molar-refractivity contribution >= 4 is 33.5 Å². The smallest absolute Gasteiger partial charge is 0.280 e. The van der Waals surface area contributed by atoms with Crippen LogP contribution in [0.1, 0.15) is 11.6 Å². The number of hydrogen-bond acceptors (Lipinski definition) is 4. The monoisotopic (exact) mass is 500 g/mol. The Hall–Kier alpha value is -5.17. The zero-order valence-corrected chi connectivity index (χ0v) is 20.6. The van der Waals surface area contributed by atoms with E-state index in [1.807, 2.05) is 84.9 Å². The molecule has 0 saturated heterocycles. The van der Waals surface area contributed by atoms with E-state index in [-0.39, 0.29) is 17.2 Å². The molecule has 2 aromatic heterocycles. The number of para-hydroxylation sites is 3. The van der Waals surface area contributed by atoms with Gasteiger partial charge in [-0.1, -0.05) is 60.7 Å². The van der Waals surface area contributed by atoms with Crippen molar-refractivity contribution in [3.63, 3.8) is 0 Å². The van der Waals surface area contributed by atoms with Crippen molar-refractivity contribution in [1.29, 1.82) is 0 Å². The molecule has 6 aromatic rings. The minimum atomic E-state index is -0.943. The van der Waals surface area contributed by atoms with E-state index in [0.717, 1.165) is 10.9 Å². The Morgan fingerprint density at radius 1 is 0.895 bits per heavy atom. The maximum absolute atomic E-state index is 14.2. The summed E-state index contributed by atoms with van der Waals surface area (Å²) < 4.78 is 6.77. The lowest BCUT2D eigenvalue weighted by Gasteiger charge is -2.22. The normalized spacial score (nSPS) is 11.9. The molecule has 1 atom stereocenters. The largest absolute Gasteiger partial charge is 0.497 e. The van der Waals surface area contributed by atoms with Crippen LogP contribution in [0.5, 0.6) is 5.75 Å². The van der Waals surface area contributed by atoms with Crippen LogP contribution in [-0.4, -0.2) is 27.6 Å². The van der Waals surface area contributed by atoms with E-state index in [9.17, 15) is 9.59 Å². The van der Waals surface area contributed by atoms with Crippen LogP contribution in [0.2, 0.25) is 0 Å². The number of rotatable bonds is 6. The summed E-state index contributed by atoms with van der Waals surface area (Å²) in [7, 11) is 1.59. The Morgan fingerprint density at radius 3 is 2.37 bits per heavy atom. The predicted octanol–water partition coefficient (Wildman–Crippen LogP) is 5.78. The van der Waals surface area contributed by atoms with E-state index in [2.05, 4.69) is 10.3 Å². The number of anilines is 1. The molecule has 0 radical (unpaired) electrons. The standard InChI is InChI=1S/C31H24N4O3/c1-38-23-17-15-22(16-18-23)32-30(36)29(20-9-3-2-4-10-20)35-27-14-8-7-13-25(27)34-28(31(35)37)26-19-21-11-5-6-12-24(21)33-26/h2-19,29,33H,1H3,(H,32,36). The second-order valence-electron chi connectivity index (χ2n) is 8.93. The zero-order valence-electron chi connectivity index (χ0n) is 20.6. The van der Waals surface area contributed by atoms with Gasteiger partial charge < -0.3 is 15.0 Å². The molecule has 6 rings (SSSR count). The van der Waals surface area contributed by atoms with Gasteiger partial charge in [-0.2, -0.15) is 0 Å². The maximum atomic E-state index is 14.2. The molecular formula is C31H24N4O3. The van der Waals surface area contributed by atoms with Gasteiger partial charge in [0.05, 0.1) is 23.8 Å². The van der Waals surface area contributed by atoms with Gasteiger partial charge in [-0.15, -0.1) is 0 Å². The third-order valence-corrected chi connectivity index (χ3v) is 6.56. The molecule has 186 valence electrons. The van der Waals surface area contributed by atoms with E-state index in [1.54, 1.807) is 31.4 Å². The molecule has 0 aliphatic heterocycles. The van der Waals surface area contributed by atoms with Gasteiger partial charge in [-0.05, 0) is 54.1 Å². The van der Waals surface area contributed by atoms with E-state index >= 15 is 0 Å². The Bertz CT molecular complexity index is 1790. The van der Waals surface area contributed by atoms with E-state index in [1.165, 1.54) is 4.57 Å². The van der Waals surface area contributed by atoms with Crippen molar-refractivity contribution in [3.8, 4) is 17.1 Å². The van der Waals surface area contributed by atoms with Gasteiger partial charge >= 0.3 is 0 Å². The quantitative estimate of drug-likeness (QED) is 0.303. The highest BCUT2D eigenvalue weighted by Gasteiger charge is 2.28. The van der Waals surface area contributed by atoms with Crippen molar-refractivity contribution in [2.45, 2.75) is 6.04 Å². The molecule has 2 heterocycles. The highest BCUT2D eigenvalue weighted by Crippen LogP contribution is 2.27.